The van der Waals surface area contributed by atoms with Crippen LogP contribution in [-0.4, -0.2) is 32.6 Å². The van der Waals surface area contributed by atoms with Crippen LogP contribution < -0.4 is 4.74 Å². The molecule has 0 saturated carbocycles. The highest BCUT2D eigenvalue weighted by atomic mass is 35.5. The van der Waals surface area contributed by atoms with Crippen molar-refractivity contribution >= 4 is 23.3 Å². The molecule has 0 fully saturated rings. The number of carbonyl (C=O) groups is 1. The summed E-state index contributed by atoms with van der Waals surface area (Å²) in [4.78, 5) is 15.9. The zero-order valence-corrected chi connectivity index (χ0v) is 19.8. The number of benzene rings is 2. The summed E-state index contributed by atoms with van der Waals surface area (Å²) in [5, 5.41) is 22.8. The van der Waals surface area contributed by atoms with Gasteiger partial charge in [0.05, 0.1) is 22.0 Å². The Balaban J connectivity index is 1.77. The van der Waals surface area contributed by atoms with Gasteiger partial charge in [-0.3, -0.25) is 0 Å². The Hall–Kier alpha value is -3.32. The molecule has 3 aromatic rings. The first-order valence-corrected chi connectivity index (χ1v) is 11.0. The zero-order chi connectivity index (χ0) is 24.2. The van der Waals surface area contributed by atoms with Crippen molar-refractivity contribution in [1.82, 2.24) is 4.98 Å². The van der Waals surface area contributed by atoms with E-state index in [0.717, 1.165) is 17.0 Å². The summed E-state index contributed by atoms with van der Waals surface area (Å²) >= 11 is 6.31. The molecule has 2 N–H and O–H groups in total. The first kappa shape index (κ1) is 24.3. The normalized spacial score (nSPS) is 12.2. The molecule has 0 amide bonds. The smallest absolute Gasteiger partial charge is 0.347 e. The monoisotopic (exact) mass is 470 g/mol. The van der Waals surface area contributed by atoms with Gasteiger partial charge in [-0.25, -0.2) is 9.78 Å². The molecule has 0 spiro atoms. The third-order valence-corrected chi connectivity index (χ3v) is 5.48. The summed E-state index contributed by atoms with van der Waals surface area (Å²) in [5.74, 6) is 0.693. The number of hydrogen-bond donors (Lipinski definition) is 2. The predicted molar refractivity (Wildman–Crippen MR) is 126 cm³/mol. The van der Waals surface area contributed by atoms with Crippen LogP contribution in [0, 0.1) is 0 Å². The van der Waals surface area contributed by atoms with Crippen LogP contribution in [0.25, 0.3) is 11.5 Å². The van der Waals surface area contributed by atoms with Crippen molar-refractivity contribution in [3.8, 4) is 17.2 Å². The number of oxime groups is 1. The standard InChI is InChI=1S/C25H27ClN2O5/c1-15(2)22-21(27-23(32-22)18-7-5-6-8-19(18)26)14-13-20(28-31)16-9-11-17(12-10-16)33-25(3,4)24(29)30/h5-12,15,31H,13-14H2,1-4H3,(H,29,30)/b28-20+. The van der Waals surface area contributed by atoms with E-state index in [2.05, 4.69) is 10.1 Å². The minimum Gasteiger partial charge on any atom is -0.478 e. The van der Waals surface area contributed by atoms with Gasteiger partial charge in [0.25, 0.3) is 0 Å². The topological polar surface area (TPSA) is 105 Å². The van der Waals surface area contributed by atoms with E-state index in [-0.39, 0.29) is 5.92 Å². The Morgan fingerprint density at radius 3 is 2.42 bits per heavy atom. The lowest BCUT2D eigenvalue weighted by molar-refractivity contribution is -0.152. The lowest BCUT2D eigenvalue weighted by Gasteiger charge is -2.21. The van der Waals surface area contributed by atoms with Crippen molar-refractivity contribution in [1.29, 1.82) is 0 Å². The highest BCUT2D eigenvalue weighted by Crippen LogP contribution is 2.32. The van der Waals surface area contributed by atoms with E-state index in [4.69, 9.17) is 20.8 Å². The fourth-order valence-corrected chi connectivity index (χ4v) is 3.50. The second-order valence-electron chi connectivity index (χ2n) is 8.45. The molecule has 2 aromatic carbocycles. The van der Waals surface area contributed by atoms with Crippen LogP contribution in [0.15, 0.2) is 58.1 Å². The Labute approximate surface area is 197 Å². The molecule has 1 aromatic heterocycles. The van der Waals surface area contributed by atoms with E-state index in [9.17, 15) is 15.1 Å². The van der Waals surface area contributed by atoms with Crippen LogP contribution in [0.5, 0.6) is 5.75 Å². The molecule has 7 nitrogen and oxygen atoms in total. The van der Waals surface area contributed by atoms with Crippen molar-refractivity contribution in [3.63, 3.8) is 0 Å². The molecule has 0 bridgehead atoms. The van der Waals surface area contributed by atoms with Gasteiger partial charge in [-0.15, -0.1) is 0 Å². The Morgan fingerprint density at radius 2 is 1.85 bits per heavy atom. The number of aromatic nitrogens is 1. The van der Waals surface area contributed by atoms with Gasteiger partial charge in [0.15, 0.2) is 5.60 Å². The van der Waals surface area contributed by atoms with Crippen molar-refractivity contribution in [2.24, 2.45) is 5.16 Å². The zero-order valence-electron chi connectivity index (χ0n) is 19.0. The van der Waals surface area contributed by atoms with E-state index in [1.165, 1.54) is 13.8 Å². The molecule has 0 aliphatic rings. The number of nitrogens with zero attached hydrogens (tertiary/aromatic N) is 2. The maximum Gasteiger partial charge on any atom is 0.347 e. The third kappa shape index (κ3) is 5.73. The minimum absolute atomic E-state index is 0.118. The van der Waals surface area contributed by atoms with Gasteiger partial charge in [-0.05, 0) is 68.7 Å². The van der Waals surface area contributed by atoms with Crippen LogP contribution in [0.4, 0.5) is 0 Å². The van der Waals surface area contributed by atoms with E-state index in [0.29, 0.717) is 40.8 Å². The van der Waals surface area contributed by atoms with E-state index in [1.807, 2.05) is 32.0 Å². The quantitative estimate of drug-likeness (QED) is 0.220. The SMILES string of the molecule is CC(C)c1oc(-c2ccccc2Cl)nc1CC/C(=N\O)c1ccc(OC(C)(C)C(=O)O)cc1. The molecule has 0 unspecified atom stereocenters. The minimum atomic E-state index is -1.35. The van der Waals surface area contributed by atoms with Gasteiger partial charge < -0.3 is 19.5 Å². The van der Waals surface area contributed by atoms with Gasteiger partial charge in [-0.2, -0.15) is 0 Å². The number of carboxylic acids is 1. The van der Waals surface area contributed by atoms with E-state index < -0.39 is 11.6 Å². The molecule has 174 valence electrons. The molecule has 1 heterocycles. The number of hydrogen-bond acceptors (Lipinski definition) is 6. The number of oxazole rings is 1. The van der Waals surface area contributed by atoms with Gasteiger partial charge in [0.2, 0.25) is 5.89 Å². The second-order valence-corrected chi connectivity index (χ2v) is 8.86. The molecule has 3 rings (SSSR count). The molecule has 0 saturated heterocycles. The van der Waals surface area contributed by atoms with Crippen molar-refractivity contribution in [2.75, 3.05) is 0 Å². The molecule has 0 atom stereocenters. The Bertz CT molecular complexity index is 1150. The van der Waals surface area contributed by atoms with Crippen molar-refractivity contribution in [2.45, 2.75) is 52.1 Å². The van der Waals surface area contributed by atoms with Gasteiger partial charge in [0.1, 0.15) is 11.5 Å². The fraction of sp³-hybridized carbons (Fsp3) is 0.320. The molecule has 0 aliphatic heterocycles. The predicted octanol–water partition coefficient (Wildman–Crippen LogP) is 6.17. The third-order valence-electron chi connectivity index (χ3n) is 5.15. The summed E-state index contributed by atoms with van der Waals surface area (Å²) in [6.07, 6.45) is 0.927. The summed E-state index contributed by atoms with van der Waals surface area (Å²) in [6.45, 7) is 7.01. The molecular formula is C25H27ClN2O5. The number of carboxylic acid groups (broad SMARTS) is 1. The van der Waals surface area contributed by atoms with Crippen molar-refractivity contribution < 1.29 is 24.3 Å². The maximum absolute atomic E-state index is 11.3. The Morgan fingerprint density at radius 1 is 1.18 bits per heavy atom. The maximum atomic E-state index is 11.3. The van der Waals surface area contributed by atoms with Crippen LogP contribution in [0.3, 0.4) is 0 Å². The fourth-order valence-electron chi connectivity index (χ4n) is 3.29. The molecular weight excluding hydrogens is 444 g/mol. The number of aliphatic carboxylic acids is 1. The van der Waals surface area contributed by atoms with E-state index in [1.54, 1.807) is 30.3 Å². The summed E-state index contributed by atoms with van der Waals surface area (Å²) in [7, 11) is 0. The molecule has 8 heteroatoms. The largest absolute Gasteiger partial charge is 0.478 e. The molecule has 0 radical (unpaired) electrons. The summed E-state index contributed by atoms with van der Waals surface area (Å²) in [6, 6.07) is 14.1. The van der Waals surface area contributed by atoms with Crippen molar-refractivity contribution in [3.05, 3.63) is 70.6 Å². The highest BCUT2D eigenvalue weighted by Gasteiger charge is 2.29. The second kappa shape index (κ2) is 10.1. The van der Waals surface area contributed by atoms with Gasteiger partial charge in [-0.1, -0.05) is 42.7 Å². The summed E-state index contributed by atoms with van der Waals surface area (Å²) in [5.41, 5.74) is 1.32. The molecule has 33 heavy (non-hydrogen) atoms. The first-order valence-electron chi connectivity index (χ1n) is 10.6. The number of aryl methyl sites for hydroxylation is 1. The lowest BCUT2D eigenvalue weighted by atomic mass is 10.0. The molecule has 0 aliphatic carbocycles. The average molecular weight is 471 g/mol. The van der Waals surface area contributed by atoms with Crippen LogP contribution in [0.1, 0.15) is 57.1 Å². The van der Waals surface area contributed by atoms with Crippen LogP contribution >= 0.6 is 11.6 Å². The first-order chi connectivity index (χ1) is 15.6. The van der Waals surface area contributed by atoms with Crippen LogP contribution in [0.2, 0.25) is 5.02 Å². The highest BCUT2D eigenvalue weighted by molar-refractivity contribution is 6.33. The van der Waals surface area contributed by atoms with E-state index >= 15 is 0 Å². The number of ether oxygens (including phenoxy) is 1. The van der Waals surface area contributed by atoms with Gasteiger partial charge in [0, 0.05) is 5.92 Å². The average Bonchev–Trinajstić information content (AvgIpc) is 3.19. The summed E-state index contributed by atoms with van der Waals surface area (Å²) < 4.78 is 11.6. The van der Waals surface area contributed by atoms with Crippen LogP contribution in [-0.2, 0) is 11.2 Å². The van der Waals surface area contributed by atoms with Gasteiger partial charge >= 0.3 is 5.97 Å². The lowest BCUT2D eigenvalue weighted by Crippen LogP contribution is -2.37. The number of rotatable bonds is 9. The number of halogens is 1. The Kier molecular flexibility index (Phi) is 7.43.